The van der Waals surface area contributed by atoms with Crippen LogP contribution in [0.15, 0.2) is 23.1 Å². The van der Waals surface area contributed by atoms with Crippen molar-refractivity contribution in [2.24, 2.45) is 0 Å². The summed E-state index contributed by atoms with van der Waals surface area (Å²) in [5.41, 5.74) is 0. The highest BCUT2D eigenvalue weighted by Gasteiger charge is 2.25. The van der Waals surface area contributed by atoms with Gasteiger partial charge in [0.15, 0.2) is 4.90 Å². The first-order chi connectivity index (χ1) is 8.74. The Hall–Kier alpha value is -1.54. The van der Waals surface area contributed by atoms with Crippen LogP contribution in [-0.2, 0) is 14.8 Å². The van der Waals surface area contributed by atoms with Crippen molar-refractivity contribution in [3.05, 3.63) is 29.8 Å². The number of hydrogen-bond acceptors (Lipinski definition) is 3. The lowest BCUT2D eigenvalue weighted by Crippen LogP contribution is -2.34. The number of hydrogen-bond donors (Lipinski definition) is 2. The normalized spacial score (nSPS) is 13.2. The van der Waals surface area contributed by atoms with Gasteiger partial charge in [-0.2, -0.15) is 0 Å². The van der Waals surface area contributed by atoms with Gasteiger partial charge in [-0.1, -0.05) is 6.07 Å². The van der Waals surface area contributed by atoms with Gasteiger partial charge in [-0.15, -0.1) is 0 Å². The molecule has 1 unspecified atom stereocenters. The van der Waals surface area contributed by atoms with Gasteiger partial charge >= 0.3 is 5.97 Å². The van der Waals surface area contributed by atoms with Gasteiger partial charge in [0.1, 0.15) is 11.6 Å². The van der Waals surface area contributed by atoms with E-state index in [1.807, 2.05) is 4.72 Å². The lowest BCUT2D eigenvalue weighted by molar-refractivity contribution is -0.137. The average Bonchev–Trinajstić information content (AvgIpc) is 2.25. The summed E-state index contributed by atoms with van der Waals surface area (Å²) >= 11 is 0. The van der Waals surface area contributed by atoms with Gasteiger partial charge in [-0.05, 0) is 25.5 Å². The Kier molecular flexibility index (Phi) is 4.96. The van der Waals surface area contributed by atoms with Crippen LogP contribution in [0.5, 0.6) is 0 Å². The van der Waals surface area contributed by atoms with Crippen molar-refractivity contribution < 1.29 is 27.1 Å². The molecule has 0 heterocycles. The third-order valence-corrected chi connectivity index (χ3v) is 3.98. The zero-order valence-electron chi connectivity index (χ0n) is 10.1. The molecule has 0 bridgehead atoms. The molecule has 0 fully saturated rings. The molecular weight excluding hydrogens is 280 g/mol. The summed E-state index contributed by atoms with van der Waals surface area (Å²) in [4.78, 5) is 9.29. The largest absolute Gasteiger partial charge is 0.481 e. The van der Waals surface area contributed by atoms with E-state index in [9.17, 15) is 22.0 Å². The van der Waals surface area contributed by atoms with E-state index >= 15 is 0 Å². The molecule has 0 spiro atoms. The number of nitrogens with one attached hydrogen (secondary N) is 1. The number of aliphatic carboxylic acids is 1. The molecule has 0 saturated carbocycles. The molecule has 106 valence electrons. The van der Waals surface area contributed by atoms with Crippen LogP contribution in [0.2, 0.25) is 0 Å². The van der Waals surface area contributed by atoms with Crippen LogP contribution in [0.25, 0.3) is 0 Å². The van der Waals surface area contributed by atoms with E-state index in [0.717, 1.165) is 18.2 Å². The fourth-order valence-electron chi connectivity index (χ4n) is 1.46. The van der Waals surface area contributed by atoms with Crippen LogP contribution in [0, 0.1) is 11.6 Å². The maximum Gasteiger partial charge on any atom is 0.303 e. The van der Waals surface area contributed by atoms with E-state index in [1.54, 1.807) is 0 Å². The predicted octanol–water partition coefficient (Wildman–Crippen LogP) is 1.50. The maximum atomic E-state index is 13.4. The molecule has 0 aromatic heterocycles. The summed E-state index contributed by atoms with van der Waals surface area (Å²) in [6, 6.07) is 1.97. The molecule has 0 aliphatic carbocycles. The van der Waals surface area contributed by atoms with Crippen LogP contribution < -0.4 is 4.72 Å². The molecule has 0 amide bonds. The molecule has 5 nitrogen and oxygen atoms in total. The Morgan fingerprint density at radius 1 is 1.37 bits per heavy atom. The van der Waals surface area contributed by atoms with E-state index in [2.05, 4.69) is 0 Å². The second kappa shape index (κ2) is 6.07. The minimum atomic E-state index is -4.36. The lowest BCUT2D eigenvalue weighted by Gasteiger charge is -2.14. The monoisotopic (exact) mass is 293 g/mol. The standard InChI is InChI=1S/C11H13F2NO4S/c1-7(5-6-10(15)16)14-19(17,18)11-8(12)3-2-4-9(11)13/h2-4,7,14H,5-6H2,1H3,(H,15,16). The fraction of sp³-hybridized carbons (Fsp3) is 0.364. The molecule has 1 rings (SSSR count). The Balaban J connectivity index is 2.90. The molecule has 19 heavy (non-hydrogen) atoms. The van der Waals surface area contributed by atoms with Crippen molar-refractivity contribution >= 4 is 16.0 Å². The van der Waals surface area contributed by atoms with Crippen molar-refractivity contribution in [3.8, 4) is 0 Å². The molecule has 0 aliphatic heterocycles. The number of carboxylic acids is 1. The predicted molar refractivity (Wildman–Crippen MR) is 63.0 cm³/mol. The van der Waals surface area contributed by atoms with Gasteiger partial charge in [0.05, 0.1) is 0 Å². The van der Waals surface area contributed by atoms with Crippen LogP contribution in [-0.4, -0.2) is 25.5 Å². The zero-order valence-corrected chi connectivity index (χ0v) is 10.9. The first-order valence-corrected chi connectivity index (χ1v) is 6.90. The van der Waals surface area contributed by atoms with Gasteiger partial charge in [-0.25, -0.2) is 21.9 Å². The van der Waals surface area contributed by atoms with E-state index in [1.165, 1.54) is 6.92 Å². The van der Waals surface area contributed by atoms with Gasteiger partial charge in [0.25, 0.3) is 0 Å². The first kappa shape index (κ1) is 15.5. The van der Waals surface area contributed by atoms with Crippen LogP contribution in [0.3, 0.4) is 0 Å². The summed E-state index contributed by atoms with van der Waals surface area (Å²) in [6.45, 7) is 1.42. The third kappa shape index (κ3) is 4.25. The maximum absolute atomic E-state index is 13.4. The average molecular weight is 293 g/mol. The Bertz CT molecular complexity index is 554. The van der Waals surface area contributed by atoms with E-state index in [0.29, 0.717) is 0 Å². The number of halogens is 2. The summed E-state index contributed by atoms with van der Waals surface area (Å²) in [6.07, 6.45) is -0.228. The minimum Gasteiger partial charge on any atom is -0.481 e. The number of carboxylic acid groups (broad SMARTS) is 1. The van der Waals surface area contributed by atoms with E-state index < -0.39 is 38.6 Å². The van der Waals surface area contributed by atoms with Crippen molar-refractivity contribution in [2.45, 2.75) is 30.7 Å². The van der Waals surface area contributed by atoms with Crippen LogP contribution in [0.4, 0.5) is 8.78 Å². The Labute approximate surface area is 109 Å². The third-order valence-electron chi connectivity index (χ3n) is 2.34. The molecule has 1 aromatic carbocycles. The molecular formula is C11H13F2NO4S. The Morgan fingerprint density at radius 3 is 2.37 bits per heavy atom. The van der Waals surface area contributed by atoms with Crippen LogP contribution >= 0.6 is 0 Å². The van der Waals surface area contributed by atoms with Crippen molar-refractivity contribution in [1.82, 2.24) is 4.72 Å². The van der Waals surface area contributed by atoms with Crippen molar-refractivity contribution in [1.29, 1.82) is 0 Å². The van der Waals surface area contributed by atoms with E-state index in [4.69, 9.17) is 5.11 Å². The lowest BCUT2D eigenvalue weighted by atomic mass is 10.2. The smallest absolute Gasteiger partial charge is 0.303 e. The highest BCUT2D eigenvalue weighted by Crippen LogP contribution is 2.18. The van der Waals surface area contributed by atoms with Gasteiger partial charge in [0, 0.05) is 12.5 Å². The first-order valence-electron chi connectivity index (χ1n) is 5.42. The van der Waals surface area contributed by atoms with Gasteiger partial charge < -0.3 is 5.11 Å². The summed E-state index contributed by atoms with van der Waals surface area (Å²) in [7, 11) is -4.36. The SMILES string of the molecule is CC(CCC(=O)O)NS(=O)(=O)c1c(F)cccc1F. The second-order valence-corrected chi connectivity index (χ2v) is 5.66. The van der Waals surface area contributed by atoms with Crippen molar-refractivity contribution in [2.75, 3.05) is 0 Å². The Morgan fingerprint density at radius 2 is 1.89 bits per heavy atom. The molecule has 8 heteroatoms. The highest BCUT2D eigenvalue weighted by molar-refractivity contribution is 7.89. The zero-order chi connectivity index (χ0) is 14.6. The van der Waals surface area contributed by atoms with E-state index in [-0.39, 0.29) is 12.8 Å². The molecule has 2 N–H and O–H groups in total. The summed E-state index contributed by atoms with van der Waals surface area (Å²) in [5.74, 6) is -3.47. The summed E-state index contributed by atoms with van der Waals surface area (Å²) in [5, 5.41) is 8.47. The molecule has 0 radical (unpaired) electrons. The quantitative estimate of drug-likeness (QED) is 0.832. The minimum absolute atomic E-state index is 0.0185. The fourth-order valence-corrected chi connectivity index (χ4v) is 2.88. The molecule has 0 aliphatic rings. The topological polar surface area (TPSA) is 83.5 Å². The number of sulfonamides is 1. The van der Waals surface area contributed by atoms with Crippen molar-refractivity contribution in [3.63, 3.8) is 0 Å². The number of benzene rings is 1. The van der Waals surface area contributed by atoms with Gasteiger partial charge in [-0.3, -0.25) is 4.79 Å². The summed E-state index contributed by atoms with van der Waals surface area (Å²) < 4.78 is 52.3. The molecule has 1 aromatic rings. The van der Waals surface area contributed by atoms with Gasteiger partial charge in [0.2, 0.25) is 10.0 Å². The number of rotatable bonds is 6. The van der Waals surface area contributed by atoms with Crippen LogP contribution in [0.1, 0.15) is 19.8 Å². The highest BCUT2D eigenvalue weighted by atomic mass is 32.2. The molecule has 0 saturated heterocycles. The number of carbonyl (C=O) groups is 1. The molecule has 1 atom stereocenters. The second-order valence-electron chi connectivity index (χ2n) is 4.01.